The Hall–Kier alpha value is -0.860. The van der Waals surface area contributed by atoms with Gasteiger partial charge >= 0.3 is 0 Å². The molecule has 2 heterocycles. The fourth-order valence-corrected chi connectivity index (χ4v) is 3.99. The van der Waals surface area contributed by atoms with Gasteiger partial charge in [-0.15, -0.1) is 0 Å². The molecule has 2 nitrogen and oxygen atoms in total. The largest absolute Gasteiger partial charge is 0.303 e. The Kier molecular flexibility index (Phi) is 5.70. The van der Waals surface area contributed by atoms with Crippen molar-refractivity contribution in [1.82, 2.24) is 9.80 Å². The molecular weight excluding hydrogens is 256 g/mol. The van der Waals surface area contributed by atoms with E-state index < -0.39 is 0 Å². The molecule has 1 aromatic rings. The van der Waals surface area contributed by atoms with Crippen LogP contribution in [0.5, 0.6) is 0 Å². The van der Waals surface area contributed by atoms with Crippen molar-refractivity contribution in [2.75, 3.05) is 39.3 Å². The SMILES string of the molecule is c1ccc(CCCN2CCCC(CN3CCCC3)C2)cc1. The van der Waals surface area contributed by atoms with Crippen molar-refractivity contribution in [2.24, 2.45) is 5.92 Å². The summed E-state index contributed by atoms with van der Waals surface area (Å²) in [5, 5.41) is 0. The van der Waals surface area contributed by atoms with Gasteiger partial charge in [-0.2, -0.15) is 0 Å². The van der Waals surface area contributed by atoms with Crippen LogP contribution in [0.25, 0.3) is 0 Å². The second kappa shape index (κ2) is 7.95. The van der Waals surface area contributed by atoms with Gasteiger partial charge in [-0.05, 0) is 76.2 Å². The Morgan fingerprint density at radius 3 is 2.48 bits per heavy atom. The van der Waals surface area contributed by atoms with Gasteiger partial charge in [-0.3, -0.25) is 0 Å². The minimum atomic E-state index is 0.925. The van der Waals surface area contributed by atoms with Crippen molar-refractivity contribution in [1.29, 1.82) is 0 Å². The molecule has 2 saturated heterocycles. The summed E-state index contributed by atoms with van der Waals surface area (Å²) < 4.78 is 0. The fourth-order valence-electron chi connectivity index (χ4n) is 3.99. The van der Waals surface area contributed by atoms with Crippen molar-refractivity contribution in [2.45, 2.75) is 38.5 Å². The molecule has 2 heteroatoms. The first-order valence-electron chi connectivity index (χ1n) is 8.89. The molecule has 1 atom stereocenters. The molecule has 0 aliphatic carbocycles. The summed E-state index contributed by atoms with van der Waals surface area (Å²) in [5.74, 6) is 0.925. The molecule has 1 unspecified atom stereocenters. The van der Waals surface area contributed by atoms with Gasteiger partial charge in [0.05, 0.1) is 0 Å². The summed E-state index contributed by atoms with van der Waals surface area (Å²) in [5.41, 5.74) is 1.49. The van der Waals surface area contributed by atoms with Gasteiger partial charge in [0, 0.05) is 13.1 Å². The molecule has 0 amide bonds. The normalized spacial score (nSPS) is 24.5. The summed E-state index contributed by atoms with van der Waals surface area (Å²) in [7, 11) is 0. The lowest BCUT2D eigenvalue weighted by Gasteiger charge is -2.34. The van der Waals surface area contributed by atoms with Gasteiger partial charge in [0.2, 0.25) is 0 Å². The molecule has 116 valence electrons. The highest BCUT2D eigenvalue weighted by atomic mass is 15.2. The first kappa shape index (κ1) is 15.1. The Morgan fingerprint density at radius 1 is 0.905 bits per heavy atom. The van der Waals surface area contributed by atoms with Gasteiger partial charge in [0.25, 0.3) is 0 Å². The van der Waals surface area contributed by atoms with Gasteiger partial charge < -0.3 is 9.80 Å². The smallest absolute Gasteiger partial charge is 0.00219 e. The van der Waals surface area contributed by atoms with E-state index in [9.17, 15) is 0 Å². The Morgan fingerprint density at radius 2 is 1.67 bits per heavy atom. The van der Waals surface area contributed by atoms with Crippen LogP contribution in [-0.2, 0) is 6.42 Å². The molecule has 1 aromatic carbocycles. The second-order valence-electron chi connectivity index (χ2n) is 6.91. The number of nitrogens with zero attached hydrogens (tertiary/aromatic N) is 2. The summed E-state index contributed by atoms with van der Waals surface area (Å²) in [4.78, 5) is 5.41. The standard InChI is InChI=1S/C19H30N2/c1-2-8-18(9-3-1)10-6-14-21-15-7-11-19(17-21)16-20-12-4-5-13-20/h1-3,8-9,19H,4-7,10-17H2. The zero-order chi connectivity index (χ0) is 14.3. The number of rotatable bonds is 6. The maximum atomic E-state index is 2.72. The number of likely N-dealkylation sites (tertiary alicyclic amines) is 2. The lowest BCUT2D eigenvalue weighted by atomic mass is 9.97. The molecule has 2 aliphatic heterocycles. The van der Waals surface area contributed by atoms with Crippen LogP contribution in [0.1, 0.15) is 37.7 Å². The molecule has 0 N–H and O–H groups in total. The van der Waals surface area contributed by atoms with E-state index in [0.29, 0.717) is 0 Å². The van der Waals surface area contributed by atoms with Crippen molar-refractivity contribution in [3.05, 3.63) is 35.9 Å². The quantitative estimate of drug-likeness (QED) is 0.790. The summed E-state index contributed by atoms with van der Waals surface area (Å²) >= 11 is 0. The van der Waals surface area contributed by atoms with Crippen molar-refractivity contribution in [3.8, 4) is 0 Å². The molecule has 0 bridgehead atoms. The molecule has 0 aromatic heterocycles. The number of piperidine rings is 1. The van der Waals surface area contributed by atoms with E-state index in [0.717, 1.165) is 5.92 Å². The summed E-state index contributed by atoms with van der Waals surface area (Å²) in [6.07, 6.45) is 8.24. The van der Waals surface area contributed by atoms with Crippen LogP contribution in [0.2, 0.25) is 0 Å². The lowest BCUT2D eigenvalue weighted by molar-refractivity contribution is 0.142. The third-order valence-electron chi connectivity index (χ3n) is 5.10. The summed E-state index contributed by atoms with van der Waals surface area (Å²) in [6.45, 7) is 8.01. The highest BCUT2D eigenvalue weighted by Crippen LogP contribution is 2.20. The number of aryl methyl sites for hydroxylation is 1. The van der Waals surface area contributed by atoms with E-state index >= 15 is 0 Å². The minimum Gasteiger partial charge on any atom is -0.303 e. The molecular formula is C19H30N2. The Balaban J connectivity index is 1.37. The number of hydrogen-bond acceptors (Lipinski definition) is 2. The molecule has 0 saturated carbocycles. The van der Waals surface area contributed by atoms with E-state index in [4.69, 9.17) is 0 Å². The molecule has 3 rings (SSSR count). The third-order valence-corrected chi connectivity index (χ3v) is 5.10. The predicted octanol–water partition coefficient (Wildman–Crippen LogP) is 3.43. The molecule has 2 aliphatic rings. The van der Waals surface area contributed by atoms with Crippen LogP contribution >= 0.6 is 0 Å². The topological polar surface area (TPSA) is 6.48 Å². The van der Waals surface area contributed by atoms with Crippen molar-refractivity contribution in [3.63, 3.8) is 0 Å². The van der Waals surface area contributed by atoms with E-state index in [1.165, 1.54) is 83.4 Å². The zero-order valence-corrected chi connectivity index (χ0v) is 13.3. The first-order chi connectivity index (χ1) is 10.4. The minimum absolute atomic E-state index is 0.925. The molecule has 2 fully saturated rings. The van der Waals surface area contributed by atoms with Crippen LogP contribution in [0, 0.1) is 5.92 Å². The lowest BCUT2D eigenvalue weighted by Crippen LogP contribution is -2.40. The maximum absolute atomic E-state index is 2.72. The molecule has 21 heavy (non-hydrogen) atoms. The van der Waals surface area contributed by atoms with Crippen LogP contribution in [0.3, 0.4) is 0 Å². The van der Waals surface area contributed by atoms with Crippen LogP contribution < -0.4 is 0 Å². The van der Waals surface area contributed by atoms with E-state index in [-0.39, 0.29) is 0 Å². The Labute approximate surface area is 130 Å². The van der Waals surface area contributed by atoms with Crippen LogP contribution in [-0.4, -0.2) is 49.1 Å². The predicted molar refractivity (Wildman–Crippen MR) is 89.6 cm³/mol. The fraction of sp³-hybridized carbons (Fsp3) is 0.684. The molecule has 0 spiro atoms. The number of benzene rings is 1. The maximum Gasteiger partial charge on any atom is 0.00219 e. The van der Waals surface area contributed by atoms with Crippen LogP contribution in [0.15, 0.2) is 30.3 Å². The van der Waals surface area contributed by atoms with Crippen molar-refractivity contribution >= 4 is 0 Å². The third kappa shape index (κ3) is 4.82. The van der Waals surface area contributed by atoms with E-state index in [1.54, 1.807) is 0 Å². The Bertz CT molecular complexity index is 397. The summed E-state index contributed by atoms with van der Waals surface area (Å²) in [6, 6.07) is 10.9. The first-order valence-corrected chi connectivity index (χ1v) is 8.89. The highest BCUT2D eigenvalue weighted by Gasteiger charge is 2.23. The van der Waals surface area contributed by atoms with Crippen LogP contribution in [0.4, 0.5) is 0 Å². The van der Waals surface area contributed by atoms with Gasteiger partial charge in [0.15, 0.2) is 0 Å². The average Bonchev–Trinajstić information content (AvgIpc) is 3.02. The monoisotopic (exact) mass is 286 g/mol. The van der Waals surface area contributed by atoms with Gasteiger partial charge in [-0.1, -0.05) is 30.3 Å². The van der Waals surface area contributed by atoms with E-state index in [1.807, 2.05) is 0 Å². The highest BCUT2D eigenvalue weighted by molar-refractivity contribution is 5.14. The van der Waals surface area contributed by atoms with Gasteiger partial charge in [-0.25, -0.2) is 0 Å². The van der Waals surface area contributed by atoms with E-state index in [2.05, 4.69) is 40.1 Å². The number of hydrogen-bond donors (Lipinski definition) is 0. The van der Waals surface area contributed by atoms with Crippen molar-refractivity contribution < 1.29 is 0 Å². The zero-order valence-electron chi connectivity index (χ0n) is 13.3. The van der Waals surface area contributed by atoms with Gasteiger partial charge in [0.1, 0.15) is 0 Å². The molecule has 0 radical (unpaired) electrons. The second-order valence-corrected chi connectivity index (χ2v) is 6.91. The average molecular weight is 286 g/mol.